The summed E-state index contributed by atoms with van der Waals surface area (Å²) in [7, 11) is 1.28. The van der Waals surface area contributed by atoms with Crippen molar-refractivity contribution in [1.29, 1.82) is 0 Å². The Morgan fingerprint density at radius 3 is 2.55 bits per heavy atom. The van der Waals surface area contributed by atoms with Gasteiger partial charge in [-0.25, -0.2) is 9.37 Å². The number of hydrogen-bond donors (Lipinski definition) is 0. The third-order valence-corrected chi connectivity index (χ3v) is 3.24. The van der Waals surface area contributed by atoms with Crippen LogP contribution in [0.15, 0.2) is 30.5 Å². The Hall–Kier alpha value is -2.41. The normalized spacial score (nSPS) is 10.0. The van der Waals surface area contributed by atoms with Crippen molar-refractivity contribution in [2.75, 3.05) is 7.11 Å². The van der Waals surface area contributed by atoms with Gasteiger partial charge in [0.1, 0.15) is 5.69 Å². The monoisotopic (exact) mass is 301 g/mol. The number of nitrogens with zero attached hydrogens (tertiary/aromatic N) is 1. The summed E-state index contributed by atoms with van der Waals surface area (Å²) in [5.74, 6) is 3.17. The first-order valence-electron chi connectivity index (χ1n) is 7.14. The second-order valence-electron chi connectivity index (χ2n) is 4.85. The molecule has 4 heteroatoms. The summed E-state index contributed by atoms with van der Waals surface area (Å²) in [6.07, 6.45) is 4.99. The number of aryl methyl sites for hydroxylation is 1. The zero-order valence-electron chi connectivity index (χ0n) is 12.6. The molecule has 0 amide bonds. The quantitative estimate of drug-likeness (QED) is 0.793. The van der Waals surface area contributed by atoms with Gasteiger partial charge in [-0.3, -0.25) is 0 Å². The van der Waals surface area contributed by atoms with E-state index in [1.807, 2.05) is 6.07 Å². The molecule has 0 bridgehead atoms. The van der Waals surface area contributed by atoms with E-state index in [9.17, 15) is 8.78 Å². The van der Waals surface area contributed by atoms with Gasteiger partial charge < -0.3 is 4.74 Å². The van der Waals surface area contributed by atoms with Gasteiger partial charge in [-0.1, -0.05) is 25.3 Å². The molecule has 2 aromatic rings. The summed E-state index contributed by atoms with van der Waals surface area (Å²) in [6.45, 7) is 2.13. The number of aromatic nitrogens is 1. The van der Waals surface area contributed by atoms with Crippen LogP contribution in [0.4, 0.5) is 8.78 Å². The molecule has 1 aromatic heterocycles. The van der Waals surface area contributed by atoms with Crippen LogP contribution in [0, 0.1) is 23.5 Å². The minimum absolute atomic E-state index is 0.0184. The van der Waals surface area contributed by atoms with Crippen molar-refractivity contribution in [1.82, 2.24) is 4.98 Å². The minimum atomic E-state index is -1.03. The van der Waals surface area contributed by atoms with E-state index in [0.717, 1.165) is 24.8 Å². The van der Waals surface area contributed by atoms with Crippen molar-refractivity contribution < 1.29 is 13.5 Å². The van der Waals surface area contributed by atoms with Crippen LogP contribution in [0.3, 0.4) is 0 Å². The van der Waals surface area contributed by atoms with Crippen molar-refractivity contribution >= 4 is 0 Å². The Morgan fingerprint density at radius 2 is 1.91 bits per heavy atom. The molecule has 0 saturated carbocycles. The highest BCUT2D eigenvalue weighted by Crippen LogP contribution is 2.21. The smallest absolute Gasteiger partial charge is 0.201 e. The summed E-state index contributed by atoms with van der Waals surface area (Å²) in [5.41, 5.74) is 1.65. The molecule has 2 nitrogen and oxygen atoms in total. The summed E-state index contributed by atoms with van der Waals surface area (Å²) >= 11 is 0. The van der Waals surface area contributed by atoms with Crippen molar-refractivity contribution in [2.24, 2.45) is 0 Å². The molecule has 0 saturated heterocycles. The maximum Gasteiger partial charge on any atom is 0.201 e. The number of halogens is 2. The maximum absolute atomic E-state index is 13.8. The molecule has 0 atom stereocenters. The predicted molar refractivity (Wildman–Crippen MR) is 81.7 cm³/mol. The van der Waals surface area contributed by atoms with Crippen LogP contribution in [-0.2, 0) is 6.42 Å². The lowest BCUT2D eigenvalue weighted by atomic mass is 10.1. The molecule has 0 aliphatic heterocycles. The van der Waals surface area contributed by atoms with Gasteiger partial charge in [-0.15, -0.1) is 0 Å². The van der Waals surface area contributed by atoms with Gasteiger partial charge in [0.25, 0.3) is 0 Å². The third kappa shape index (κ3) is 3.82. The Bertz CT molecular complexity index is 700. The molecular formula is C18H17F2NO. The van der Waals surface area contributed by atoms with E-state index in [-0.39, 0.29) is 11.3 Å². The van der Waals surface area contributed by atoms with Gasteiger partial charge in [-0.05, 0) is 42.5 Å². The molecule has 0 aliphatic carbocycles. The Morgan fingerprint density at radius 1 is 1.09 bits per heavy atom. The molecule has 22 heavy (non-hydrogen) atoms. The molecule has 0 aliphatic rings. The van der Waals surface area contributed by atoms with Crippen molar-refractivity contribution in [3.63, 3.8) is 0 Å². The molecule has 0 N–H and O–H groups in total. The maximum atomic E-state index is 13.8. The second kappa shape index (κ2) is 7.56. The molecule has 114 valence electrons. The van der Waals surface area contributed by atoms with Gasteiger partial charge in [0, 0.05) is 6.20 Å². The first kappa shape index (κ1) is 16.0. The zero-order chi connectivity index (χ0) is 15.9. The molecule has 0 unspecified atom stereocenters. The highest BCUT2D eigenvalue weighted by atomic mass is 19.2. The first-order chi connectivity index (χ1) is 10.7. The number of methoxy groups -OCH3 is 1. The second-order valence-corrected chi connectivity index (χ2v) is 4.85. The predicted octanol–water partition coefficient (Wildman–Crippen LogP) is 4.11. The average Bonchev–Trinajstić information content (AvgIpc) is 2.55. The standard InChI is InChI=1S/C18H17F2NO/c1-3-4-5-13-6-9-15(21-12-13)10-7-14-8-11-16(22-2)18(20)17(14)19/h6,8-9,11-12H,3-5H2,1-2H3. The average molecular weight is 301 g/mol. The fourth-order valence-corrected chi connectivity index (χ4v) is 1.94. The summed E-state index contributed by atoms with van der Waals surface area (Å²) in [5, 5.41) is 0. The van der Waals surface area contributed by atoms with Crippen LogP contribution in [-0.4, -0.2) is 12.1 Å². The van der Waals surface area contributed by atoms with E-state index >= 15 is 0 Å². The van der Waals surface area contributed by atoms with E-state index in [2.05, 4.69) is 23.7 Å². The van der Waals surface area contributed by atoms with Crippen LogP contribution in [0.25, 0.3) is 0 Å². The lowest BCUT2D eigenvalue weighted by Crippen LogP contribution is -1.95. The van der Waals surface area contributed by atoms with Crippen LogP contribution in [0.5, 0.6) is 5.75 Å². The largest absolute Gasteiger partial charge is 0.494 e. The summed E-state index contributed by atoms with van der Waals surface area (Å²) < 4.78 is 32.1. The van der Waals surface area contributed by atoms with Crippen LogP contribution < -0.4 is 4.74 Å². The van der Waals surface area contributed by atoms with Gasteiger partial charge in [0.2, 0.25) is 5.82 Å². The number of ether oxygens (including phenoxy) is 1. The molecule has 1 aromatic carbocycles. The molecule has 2 rings (SSSR count). The summed E-state index contributed by atoms with van der Waals surface area (Å²) in [4.78, 5) is 4.22. The highest BCUT2D eigenvalue weighted by molar-refractivity contribution is 5.44. The lowest BCUT2D eigenvalue weighted by molar-refractivity contribution is 0.371. The lowest BCUT2D eigenvalue weighted by Gasteiger charge is -2.03. The van der Waals surface area contributed by atoms with Crippen LogP contribution >= 0.6 is 0 Å². The molecule has 0 spiro atoms. The Balaban J connectivity index is 2.18. The van der Waals surface area contributed by atoms with Gasteiger partial charge in [-0.2, -0.15) is 4.39 Å². The van der Waals surface area contributed by atoms with Crippen molar-refractivity contribution in [2.45, 2.75) is 26.2 Å². The highest BCUT2D eigenvalue weighted by Gasteiger charge is 2.12. The van der Waals surface area contributed by atoms with Crippen LogP contribution in [0.2, 0.25) is 0 Å². The number of hydrogen-bond acceptors (Lipinski definition) is 2. The fourth-order valence-electron chi connectivity index (χ4n) is 1.94. The molecule has 1 heterocycles. The van der Waals surface area contributed by atoms with E-state index in [1.165, 1.54) is 19.2 Å². The third-order valence-electron chi connectivity index (χ3n) is 3.24. The van der Waals surface area contributed by atoms with Gasteiger partial charge in [0.15, 0.2) is 11.6 Å². The summed E-state index contributed by atoms with van der Waals surface area (Å²) in [6, 6.07) is 6.48. The molecule has 0 fully saturated rings. The van der Waals surface area contributed by atoms with Crippen molar-refractivity contribution in [3.05, 3.63) is 58.9 Å². The fraction of sp³-hybridized carbons (Fsp3) is 0.278. The first-order valence-corrected chi connectivity index (χ1v) is 7.14. The minimum Gasteiger partial charge on any atom is -0.494 e. The van der Waals surface area contributed by atoms with E-state index in [1.54, 1.807) is 12.3 Å². The van der Waals surface area contributed by atoms with Gasteiger partial charge in [0.05, 0.1) is 12.7 Å². The van der Waals surface area contributed by atoms with E-state index in [4.69, 9.17) is 4.74 Å². The number of pyridine rings is 1. The zero-order valence-corrected chi connectivity index (χ0v) is 12.6. The number of unbranched alkanes of at least 4 members (excludes halogenated alkanes) is 1. The van der Waals surface area contributed by atoms with E-state index in [0.29, 0.717) is 5.69 Å². The van der Waals surface area contributed by atoms with E-state index < -0.39 is 11.6 Å². The topological polar surface area (TPSA) is 22.1 Å². The Kier molecular flexibility index (Phi) is 5.48. The van der Waals surface area contributed by atoms with Crippen molar-refractivity contribution in [3.8, 4) is 17.6 Å². The molecule has 0 radical (unpaired) electrons. The number of rotatable bonds is 4. The SMILES string of the molecule is CCCCc1ccc(C#Cc2ccc(OC)c(F)c2F)nc1. The Labute approximate surface area is 129 Å². The number of benzene rings is 1. The molecular weight excluding hydrogens is 284 g/mol. The van der Waals surface area contributed by atoms with Gasteiger partial charge >= 0.3 is 0 Å². The van der Waals surface area contributed by atoms with Crippen LogP contribution in [0.1, 0.15) is 36.6 Å².